The Morgan fingerprint density at radius 3 is 2.68 bits per heavy atom. The van der Waals surface area contributed by atoms with Gasteiger partial charge >= 0.3 is 6.03 Å². The molecule has 0 spiro atoms. The van der Waals surface area contributed by atoms with Gasteiger partial charge in [0.25, 0.3) is 0 Å². The van der Waals surface area contributed by atoms with Crippen LogP contribution in [0.4, 0.5) is 4.79 Å². The lowest BCUT2D eigenvalue weighted by molar-refractivity contribution is 0.172. The third-order valence-electron chi connectivity index (χ3n) is 4.28. The number of nitrogens with zero attached hydrogens (tertiary/aromatic N) is 2. The van der Waals surface area contributed by atoms with E-state index in [-0.39, 0.29) is 23.6 Å². The number of ether oxygens (including phenoxy) is 1. The molecule has 0 radical (unpaired) electrons. The second kappa shape index (κ2) is 8.53. The summed E-state index contributed by atoms with van der Waals surface area (Å²) in [5.74, 6) is 0.935. The summed E-state index contributed by atoms with van der Waals surface area (Å²) in [5.41, 5.74) is 0.930. The number of urea groups is 1. The summed E-state index contributed by atoms with van der Waals surface area (Å²) in [4.78, 5) is 16.3. The molecule has 1 atom stereocenters. The highest BCUT2D eigenvalue weighted by molar-refractivity contribution is 7.91. The third-order valence-corrected chi connectivity index (χ3v) is 6.03. The maximum Gasteiger partial charge on any atom is 0.317 e. The van der Waals surface area contributed by atoms with Crippen LogP contribution in [0.2, 0.25) is 0 Å². The van der Waals surface area contributed by atoms with Crippen molar-refractivity contribution in [2.75, 3.05) is 45.8 Å². The fraction of sp³-hybridized carbons (Fsp3) is 0.588. The molecule has 1 N–H and O–H groups in total. The summed E-state index contributed by atoms with van der Waals surface area (Å²) in [7, 11) is 2.41. The molecule has 1 aromatic rings. The van der Waals surface area contributed by atoms with Gasteiger partial charge < -0.3 is 19.9 Å². The topological polar surface area (TPSA) is 79.0 Å². The highest BCUT2D eigenvalue weighted by Crippen LogP contribution is 2.18. The van der Waals surface area contributed by atoms with Crippen LogP contribution in [0.1, 0.15) is 12.0 Å². The molecule has 0 bridgehead atoms. The van der Waals surface area contributed by atoms with E-state index < -0.39 is 9.84 Å². The number of carbonyl (C=O) groups is 1. The zero-order valence-corrected chi connectivity index (χ0v) is 15.9. The number of nitrogens with one attached hydrogen (secondary N) is 1. The summed E-state index contributed by atoms with van der Waals surface area (Å²) < 4.78 is 28.7. The van der Waals surface area contributed by atoms with E-state index in [1.54, 1.807) is 12.0 Å². The van der Waals surface area contributed by atoms with Gasteiger partial charge in [0.1, 0.15) is 5.75 Å². The van der Waals surface area contributed by atoms with Crippen LogP contribution in [0.15, 0.2) is 24.3 Å². The number of carbonyl (C=O) groups excluding carboxylic acids is 1. The standard InChI is InChI=1S/C17H27N3O4S/c1-19(2)8-9-20(15-7-10-25(22,23)13-15)17(21)18-12-14-5-4-6-16(11-14)24-3/h4-6,11,15H,7-10,12-13H2,1-3H3,(H,18,21). The normalized spacial score (nSPS) is 19.0. The molecule has 1 aliphatic heterocycles. The quantitative estimate of drug-likeness (QED) is 0.774. The fourth-order valence-electron chi connectivity index (χ4n) is 2.84. The van der Waals surface area contributed by atoms with E-state index >= 15 is 0 Å². The molecular weight excluding hydrogens is 342 g/mol. The van der Waals surface area contributed by atoms with Crippen LogP contribution in [-0.4, -0.2) is 76.1 Å². The van der Waals surface area contributed by atoms with Gasteiger partial charge in [-0.25, -0.2) is 13.2 Å². The van der Waals surface area contributed by atoms with E-state index in [9.17, 15) is 13.2 Å². The van der Waals surface area contributed by atoms with E-state index in [0.29, 0.717) is 26.1 Å². The Kier molecular flexibility index (Phi) is 6.66. The monoisotopic (exact) mass is 369 g/mol. The minimum absolute atomic E-state index is 0.0486. The predicted octanol–water partition coefficient (Wildman–Crippen LogP) is 0.956. The lowest BCUT2D eigenvalue weighted by atomic mass is 10.2. The fourth-order valence-corrected chi connectivity index (χ4v) is 4.57. The number of amides is 2. The van der Waals surface area contributed by atoms with Crippen molar-refractivity contribution in [2.45, 2.75) is 19.0 Å². The van der Waals surface area contributed by atoms with Gasteiger partial charge in [-0.3, -0.25) is 0 Å². The molecule has 8 heteroatoms. The van der Waals surface area contributed by atoms with E-state index in [0.717, 1.165) is 11.3 Å². The molecule has 140 valence electrons. The van der Waals surface area contributed by atoms with Crippen LogP contribution in [0.3, 0.4) is 0 Å². The average Bonchev–Trinajstić information content (AvgIpc) is 2.92. The number of hydrogen-bond donors (Lipinski definition) is 1. The minimum atomic E-state index is -3.04. The highest BCUT2D eigenvalue weighted by atomic mass is 32.2. The zero-order valence-electron chi connectivity index (χ0n) is 15.1. The van der Waals surface area contributed by atoms with Crippen LogP contribution < -0.4 is 10.1 Å². The van der Waals surface area contributed by atoms with Gasteiger partial charge in [0, 0.05) is 25.7 Å². The molecular formula is C17H27N3O4S. The number of hydrogen-bond acceptors (Lipinski definition) is 5. The van der Waals surface area contributed by atoms with Crippen molar-refractivity contribution in [3.05, 3.63) is 29.8 Å². The van der Waals surface area contributed by atoms with Crippen molar-refractivity contribution in [3.8, 4) is 5.75 Å². The van der Waals surface area contributed by atoms with Gasteiger partial charge in [-0.15, -0.1) is 0 Å². The van der Waals surface area contributed by atoms with Gasteiger partial charge in [-0.05, 0) is 38.2 Å². The van der Waals surface area contributed by atoms with Crippen LogP contribution in [-0.2, 0) is 16.4 Å². The maximum atomic E-state index is 12.7. The second-order valence-electron chi connectivity index (χ2n) is 6.56. The Hall–Kier alpha value is -1.80. The van der Waals surface area contributed by atoms with Crippen molar-refractivity contribution in [3.63, 3.8) is 0 Å². The van der Waals surface area contributed by atoms with Crippen molar-refractivity contribution in [1.29, 1.82) is 0 Å². The molecule has 0 saturated carbocycles. The Labute approximate surface area is 149 Å². The molecule has 0 aromatic heterocycles. The van der Waals surface area contributed by atoms with Crippen LogP contribution in [0.25, 0.3) is 0 Å². The van der Waals surface area contributed by atoms with Crippen molar-refractivity contribution in [2.24, 2.45) is 0 Å². The number of methoxy groups -OCH3 is 1. The number of likely N-dealkylation sites (N-methyl/N-ethyl adjacent to an activating group) is 1. The molecule has 1 fully saturated rings. The van der Waals surface area contributed by atoms with Crippen molar-refractivity contribution in [1.82, 2.24) is 15.1 Å². The van der Waals surface area contributed by atoms with Crippen molar-refractivity contribution < 1.29 is 17.9 Å². The van der Waals surface area contributed by atoms with Gasteiger partial charge in [0.2, 0.25) is 0 Å². The second-order valence-corrected chi connectivity index (χ2v) is 8.79. The number of rotatable bonds is 7. The van der Waals surface area contributed by atoms with Crippen LogP contribution in [0.5, 0.6) is 5.75 Å². The molecule has 25 heavy (non-hydrogen) atoms. The molecule has 1 aliphatic rings. The predicted molar refractivity (Wildman–Crippen MR) is 97.5 cm³/mol. The molecule has 2 rings (SSSR count). The Morgan fingerprint density at radius 2 is 2.08 bits per heavy atom. The number of sulfone groups is 1. The van der Waals surface area contributed by atoms with Crippen LogP contribution in [0, 0.1) is 0 Å². The molecule has 1 saturated heterocycles. The first-order valence-electron chi connectivity index (χ1n) is 8.33. The lowest BCUT2D eigenvalue weighted by Crippen LogP contribution is -2.49. The Balaban J connectivity index is 2.01. The van der Waals surface area contributed by atoms with Crippen molar-refractivity contribution >= 4 is 15.9 Å². The van der Waals surface area contributed by atoms with E-state index in [1.165, 1.54) is 0 Å². The summed E-state index contributed by atoms with van der Waals surface area (Å²) >= 11 is 0. The molecule has 1 aromatic carbocycles. The molecule has 0 aliphatic carbocycles. The largest absolute Gasteiger partial charge is 0.497 e. The van der Waals surface area contributed by atoms with E-state index in [2.05, 4.69) is 5.32 Å². The van der Waals surface area contributed by atoms with Gasteiger partial charge in [-0.1, -0.05) is 12.1 Å². The molecule has 1 unspecified atom stereocenters. The first kappa shape index (κ1) is 19.5. The molecule has 1 heterocycles. The zero-order chi connectivity index (χ0) is 18.4. The average molecular weight is 369 g/mol. The highest BCUT2D eigenvalue weighted by Gasteiger charge is 2.34. The molecule has 7 nitrogen and oxygen atoms in total. The summed E-state index contributed by atoms with van der Waals surface area (Å²) in [6.07, 6.45) is 0.502. The first-order valence-corrected chi connectivity index (χ1v) is 10.2. The third kappa shape index (κ3) is 5.89. The minimum Gasteiger partial charge on any atom is -0.497 e. The first-order chi connectivity index (χ1) is 11.8. The van der Waals surface area contributed by atoms with Crippen LogP contribution >= 0.6 is 0 Å². The Bertz CT molecular complexity index is 691. The van der Waals surface area contributed by atoms with Gasteiger partial charge in [0.15, 0.2) is 9.84 Å². The maximum absolute atomic E-state index is 12.7. The SMILES string of the molecule is COc1cccc(CNC(=O)N(CCN(C)C)C2CCS(=O)(=O)C2)c1. The summed E-state index contributed by atoms with van der Waals surface area (Å²) in [6.45, 7) is 1.55. The number of benzene rings is 1. The smallest absolute Gasteiger partial charge is 0.317 e. The summed E-state index contributed by atoms with van der Waals surface area (Å²) in [5, 5.41) is 2.90. The van der Waals surface area contributed by atoms with E-state index in [4.69, 9.17) is 4.74 Å². The molecule has 2 amide bonds. The van der Waals surface area contributed by atoms with E-state index in [1.807, 2.05) is 43.3 Å². The Morgan fingerprint density at radius 1 is 1.32 bits per heavy atom. The van der Waals surface area contributed by atoms with Gasteiger partial charge in [-0.2, -0.15) is 0 Å². The van der Waals surface area contributed by atoms with Gasteiger partial charge in [0.05, 0.1) is 18.6 Å². The lowest BCUT2D eigenvalue weighted by Gasteiger charge is -2.29. The summed E-state index contributed by atoms with van der Waals surface area (Å²) in [6, 6.07) is 7.01.